The van der Waals surface area contributed by atoms with E-state index in [9.17, 15) is 0 Å². The molecule has 3 N–H and O–H groups in total. The van der Waals surface area contributed by atoms with E-state index in [-0.39, 0.29) is 0 Å². The molecule has 1 fully saturated rings. The molecular weight excluding hydrogens is 200 g/mol. The van der Waals surface area contributed by atoms with Gasteiger partial charge >= 0.3 is 0 Å². The molecular formula is C13H20N2O. The van der Waals surface area contributed by atoms with Gasteiger partial charge in [0.2, 0.25) is 0 Å². The predicted octanol–water partition coefficient (Wildman–Crippen LogP) is 1.41. The summed E-state index contributed by atoms with van der Waals surface area (Å²) < 4.78 is 5.33. The zero-order valence-electron chi connectivity index (χ0n) is 9.61. The first-order chi connectivity index (χ1) is 7.88. The van der Waals surface area contributed by atoms with Crippen molar-refractivity contribution in [2.75, 3.05) is 13.2 Å². The van der Waals surface area contributed by atoms with E-state index in [1.807, 2.05) is 0 Å². The molecule has 0 bridgehead atoms. The average Bonchev–Trinajstić information content (AvgIpc) is 2.38. The van der Waals surface area contributed by atoms with E-state index in [0.29, 0.717) is 12.6 Å². The molecule has 88 valence electrons. The zero-order chi connectivity index (χ0) is 11.2. The number of hydrogen-bond donors (Lipinski definition) is 2. The maximum atomic E-state index is 5.56. The van der Waals surface area contributed by atoms with E-state index in [0.717, 1.165) is 32.6 Å². The van der Waals surface area contributed by atoms with Crippen LogP contribution in [0.3, 0.4) is 0 Å². The van der Waals surface area contributed by atoms with E-state index in [4.69, 9.17) is 10.5 Å². The van der Waals surface area contributed by atoms with E-state index in [1.54, 1.807) is 0 Å². The van der Waals surface area contributed by atoms with E-state index >= 15 is 0 Å². The van der Waals surface area contributed by atoms with Crippen molar-refractivity contribution < 1.29 is 4.74 Å². The van der Waals surface area contributed by atoms with Gasteiger partial charge in [0.25, 0.3) is 0 Å². The highest BCUT2D eigenvalue weighted by Gasteiger charge is 2.12. The summed E-state index contributed by atoms with van der Waals surface area (Å²) >= 11 is 0. The molecule has 1 aliphatic rings. The van der Waals surface area contributed by atoms with Crippen molar-refractivity contribution in [3.05, 3.63) is 35.4 Å². The Morgan fingerprint density at radius 1 is 1.12 bits per heavy atom. The second kappa shape index (κ2) is 5.99. The molecule has 16 heavy (non-hydrogen) atoms. The lowest BCUT2D eigenvalue weighted by atomic mass is 10.1. The van der Waals surface area contributed by atoms with Crippen molar-refractivity contribution in [1.29, 1.82) is 0 Å². The van der Waals surface area contributed by atoms with Crippen LogP contribution in [0.2, 0.25) is 0 Å². The van der Waals surface area contributed by atoms with Crippen LogP contribution in [0, 0.1) is 0 Å². The number of benzene rings is 1. The molecule has 1 saturated heterocycles. The van der Waals surface area contributed by atoms with Gasteiger partial charge in [-0.05, 0) is 24.0 Å². The monoisotopic (exact) mass is 220 g/mol. The van der Waals surface area contributed by atoms with Crippen molar-refractivity contribution in [3.63, 3.8) is 0 Å². The lowest BCUT2D eigenvalue weighted by Gasteiger charge is -2.23. The van der Waals surface area contributed by atoms with Crippen LogP contribution in [0.4, 0.5) is 0 Å². The summed E-state index contributed by atoms with van der Waals surface area (Å²) in [5, 5.41) is 3.56. The van der Waals surface area contributed by atoms with Crippen molar-refractivity contribution >= 4 is 0 Å². The number of nitrogens with one attached hydrogen (secondary N) is 1. The number of nitrogens with two attached hydrogens (primary N) is 1. The van der Waals surface area contributed by atoms with Gasteiger partial charge < -0.3 is 15.8 Å². The van der Waals surface area contributed by atoms with Crippen molar-refractivity contribution in [2.45, 2.75) is 32.0 Å². The van der Waals surface area contributed by atoms with Gasteiger partial charge in [-0.2, -0.15) is 0 Å². The lowest BCUT2D eigenvalue weighted by molar-refractivity contribution is 0.0776. The van der Waals surface area contributed by atoms with Crippen LogP contribution in [0.25, 0.3) is 0 Å². The Balaban J connectivity index is 1.79. The molecule has 0 radical (unpaired) electrons. The van der Waals surface area contributed by atoms with Crippen molar-refractivity contribution in [2.24, 2.45) is 5.73 Å². The fourth-order valence-electron chi connectivity index (χ4n) is 1.96. The average molecular weight is 220 g/mol. The van der Waals surface area contributed by atoms with Crippen LogP contribution in [0.1, 0.15) is 24.0 Å². The van der Waals surface area contributed by atoms with Gasteiger partial charge in [-0.1, -0.05) is 24.3 Å². The molecule has 3 nitrogen and oxygen atoms in total. The molecule has 0 spiro atoms. The van der Waals surface area contributed by atoms with Crippen LogP contribution in [0.5, 0.6) is 0 Å². The Bertz CT molecular complexity index is 304. The predicted molar refractivity (Wildman–Crippen MR) is 65.0 cm³/mol. The fraction of sp³-hybridized carbons (Fsp3) is 0.538. The van der Waals surface area contributed by atoms with Gasteiger partial charge in [0.15, 0.2) is 0 Å². The van der Waals surface area contributed by atoms with Crippen LogP contribution in [-0.4, -0.2) is 19.3 Å². The van der Waals surface area contributed by atoms with E-state index in [1.165, 1.54) is 11.1 Å². The first-order valence-electron chi connectivity index (χ1n) is 5.97. The molecule has 0 unspecified atom stereocenters. The van der Waals surface area contributed by atoms with E-state index < -0.39 is 0 Å². The molecule has 1 aromatic carbocycles. The second-order valence-corrected chi connectivity index (χ2v) is 4.29. The third kappa shape index (κ3) is 3.30. The Hall–Kier alpha value is -0.900. The molecule has 0 atom stereocenters. The van der Waals surface area contributed by atoms with Crippen molar-refractivity contribution in [3.8, 4) is 0 Å². The Labute approximate surface area is 97.0 Å². The number of hydrogen-bond acceptors (Lipinski definition) is 3. The second-order valence-electron chi connectivity index (χ2n) is 4.29. The first kappa shape index (κ1) is 11.6. The smallest absolute Gasteiger partial charge is 0.0480 e. The highest BCUT2D eigenvalue weighted by molar-refractivity contribution is 5.22. The molecule has 1 aliphatic heterocycles. The van der Waals surface area contributed by atoms with E-state index in [2.05, 4.69) is 29.6 Å². The highest BCUT2D eigenvalue weighted by atomic mass is 16.5. The standard InChI is InChI=1S/C13H20N2O/c14-9-11-1-3-12(4-2-11)10-15-13-5-7-16-8-6-13/h1-4,13,15H,5-10,14H2. The molecule has 1 aromatic rings. The van der Waals surface area contributed by atoms with Crippen molar-refractivity contribution in [1.82, 2.24) is 5.32 Å². The summed E-state index contributed by atoms with van der Waals surface area (Å²) in [6.45, 7) is 3.34. The van der Waals surface area contributed by atoms with Crippen LogP contribution in [-0.2, 0) is 17.8 Å². The Morgan fingerprint density at radius 2 is 1.75 bits per heavy atom. The number of ether oxygens (including phenoxy) is 1. The van der Waals surface area contributed by atoms with Crippen LogP contribution in [0.15, 0.2) is 24.3 Å². The molecule has 0 aliphatic carbocycles. The molecule has 1 heterocycles. The van der Waals surface area contributed by atoms with Crippen LogP contribution < -0.4 is 11.1 Å². The third-order valence-corrected chi connectivity index (χ3v) is 3.07. The zero-order valence-corrected chi connectivity index (χ0v) is 9.61. The maximum absolute atomic E-state index is 5.56. The minimum atomic E-state index is 0.614. The lowest BCUT2D eigenvalue weighted by Crippen LogP contribution is -2.34. The first-order valence-corrected chi connectivity index (χ1v) is 5.97. The third-order valence-electron chi connectivity index (χ3n) is 3.07. The summed E-state index contributed by atoms with van der Waals surface area (Å²) in [6, 6.07) is 9.10. The molecule has 3 heteroatoms. The minimum absolute atomic E-state index is 0.614. The Kier molecular flexibility index (Phi) is 4.34. The van der Waals surface area contributed by atoms with Crippen LogP contribution >= 0.6 is 0 Å². The van der Waals surface area contributed by atoms with Gasteiger partial charge in [0.05, 0.1) is 0 Å². The SMILES string of the molecule is NCc1ccc(CNC2CCOCC2)cc1. The summed E-state index contributed by atoms with van der Waals surface area (Å²) in [6.07, 6.45) is 2.25. The minimum Gasteiger partial charge on any atom is -0.381 e. The number of rotatable bonds is 4. The normalized spacial score (nSPS) is 17.6. The fourth-order valence-corrected chi connectivity index (χ4v) is 1.96. The quantitative estimate of drug-likeness (QED) is 0.806. The van der Waals surface area contributed by atoms with Gasteiger partial charge in [0, 0.05) is 32.3 Å². The van der Waals surface area contributed by atoms with Gasteiger partial charge in [-0.25, -0.2) is 0 Å². The largest absolute Gasteiger partial charge is 0.381 e. The summed E-state index contributed by atoms with van der Waals surface area (Å²) in [4.78, 5) is 0. The highest BCUT2D eigenvalue weighted by Crippen LogP contribution is 2.08. The molecule has 2 rings (SSSR count). The Morgan fingerprint density at radius 3 is 2.38 bits per heavy atom. The maximum Gasteiger partial charge on any atom is 0.0480 e. The molecule has 0 amide bonds. The molecule has 0 aromatic heterocycles. The summed E-state index contributed by atoms with van der Waals surface area (Å²) in [7, 11) is 0. The molecule has 0 saturated carbocycles. The van der Waals surface area contributed by atoms with Gasteiger partial charge in [-0.15, -0.1) is 0 Å². The van der Waals surface area contributed by atoms with Gasteiger partial charge in [-0.3, -0.25) is 0 Å². The van der Waals surface area contributed by atoms with Gasteiger partial charge in [0.1, 0.15) is 0 Å². The summed E-state index contributed by atoms with van der Waals surface area (Å²) in [5.74, 6) is 0. The topological polar surface area (TPSA) is 47.3 Å². The summed E-state index contributed by atoms with van der Waals surface area (Å²) in [5.41, 5.74) is 8.07.